The van der Waals surface area contributed by atoms with Crippen molar-refractivity contribution < 1.29 is 14.2 Å². The fraction of sp³-hybridized carbons (Fsp3) is 1.00. The first-order valence-electron chi connectivity index (χ1n) is 4.17. The van der Waals surface area contributed by atoms with Crippen LogP contribution < -0.4 is 0 Å². The summed E-state index contributed by atoms with van der Waals surface area (Å²) in [5.74, 6) is 0. The van der Waals surface area contributed by atoms with Gasteiger partial charge in [0.2, 0.25) is 0 Å². The van der Waals surface area contributed by atoms with Crippen LogP contribution >= 0.6 is 22.6 Å². The molecule has 0 aromatic carbocycles. The van der Waals surface area contributed by atoms with Crippen molar-refractivity contribution >= 4 is 22.6 Å². The Balaban J connectivity index is 1.98. The quantitative estimate of drug-likeness (QED) is 0.432. The minimum absolute atomic E-state index is 0.294. The second-order valence-electron chi connectivity index (χ2n) is 2.81. The van der Waals surface area contributed by atoms with Gasteiger partial charge in [0.05, 0.1) is 23.2 Å². The molecule has 0 N–H and O–H groups in total. The van der Waals surface area contributed by atoms with Gasteiger partial charge in [-0.1, -0.05) is 22.6 Å². The Morgan fingerprint density at radius 2 is 2.25 bits per heavy atom. The third-order valence-electron chi connectivity index (χ3n) is 1.79. The van der Waals surface area contributed by atoms with Crippen molar-refractivity contribution in [2.24, 2.45) is 0 Å². The predicted octanol–water partition coefficient (Wildman–Crippen LogP) is 1.24. The highest BCUT2D eigenvalue weighted by molar-refractivity contribution is 14.1. The van der Waals surface area contributed by atoms with E-state index in [-0.39, 0.29) is 0 Å². The Morgan fingerprint density at radius 3 is 2.83 bits per heavy atom. The zero-order valence-electron chi connectivity index (χ0n) is 7.29. The van der Waals surface area contributed by atoms with Crippen LogP contribution in [0.3, 0.4) is 0 Å². The van der Waals surface area contributed by atoms with Crippen molar-refractivity contribution in [2.45, 2.75) is 16.4 Å². The van der Waals surface area contributed by atoms with Crippen LogP contribution in [0.2, 0.25) is 0 Å². The zero-order valence-corrected chi connectivity index (χ0v) is 9.45. The van der Waals surface area contributed by atoms with E-state index >= 15 is 0 Å². The van der Waals surface area contributed by atoms with E-state index in [4.69, 9.17) is 14.2 Å². The molecule has 0 aliphatic carbocycles. The highest BCUT2D eigenvalue weighted by atomic mass is 127. The van der Waals surface area contributed by atoms with E-state index in [9.17, 15) is 0 Å². The number of hydrogen-bond donors (Lipinski definition) is 0. The molecule has 1 aliphatic rings. The van der Waals surface area contributed by atoms with Gasteiger partial charge < -0.3 is 14.2 Å². The standard InChI is InChI=1S/C8H15IO3/c1-10-3-2-4-12-8-6-11-5-7(8)9/h7-8H,2-6H2,1H3. The maximum atomic E-state index is 5.60. The molecule has 0 aromatic rings. The minimum atomic E-state index is 0.294. The van der Waals surface area contributed by atoms with Crippen LogP contribution in [0.15, 0.2) is 0 Å². The van der Waals surface area contributed by atoms with Gasteiger partial charge in [-0.15, -0.1) is 0 Å². The largest absolute Gasteiger partial charge is 0.385 e. The lowest BCUT2D eigenvalue weighted by Crippen LogP contribution is -2.22. The third kappa shape index (κ3) is 3.55. The van der Waals surface area contributed by atoms with Crippen molar-refractivity contribution in [3.63, 3.8) is 0 Å². The molecule has 1 rings (SSSR count). The predicted molar refractivity (Wildman–Crippen MR) is 54.9 cm³/mol. The molecule has 1 fully saturated rings. The monoisotopic (exact) mass is 286 g/mol. The fourth-order valence-electron chi connectivity index (χ4n) is 1.10. The van der Waals surface area contributed by atoms with Crippen molar-refractivity contribution in [1.29, 1.82) is 0 Å². The molecule has 2 atom stereocenters. The first-order chi connectivity index (χ1) is 5.84. The average Bonchev–Trinajstić information content (AvgIpc) is 2.46. The molecule has 1 aliphatic heterocycles. The van der Waals surface area contributed by atoms with Gasteiger partial charge in [-0.05, 0) is 6.42 Å². The summed E-state index contributed by atoms with van der Waals surface area (Å²) in [6, 6.07) is 0. The van der Waals surface area contributed by atoms with Crippen LogP contribution in [0.4, 0.5) is 0 Å². The molecular weight excluding hydrogens is 271 g/mol. The average molecular weight is 286 g/mol. The van der Waals surface area contributed by atoms with Gasteiger partial charge in [0.1, 0.15) is 0 Å². The van der Waals surface area contributed by atoms with Crippen LogP contribution in [0.5, 0.6) is 0 Å². The summed E-state index contributed by atoms with van der Waals surface area (Å²) >= 11 is 2.37. The Labute approximate surface area is 86.9 Å². The van der Waals surface area contributed by atoms with E-state index in [1.54, 1.807) is 7.11 Å². The third-order valence-corrected chi connectivity index (χ3v) is 2.95. The van der Waals surface area contributed by atoms with Crippen molar-refractivity contribution in [1.82, 2.24) is 0 Å². The first kappa shape index (κ1) is 10.7. The second-order valence-corrected chi connectivity index (χ2v) is 4.41. The van der Waals surface area contributed by atoms with E-state index in [1.807, 2.05) is 0 Å². The zero-order chi connectivity index (χ0) is 8.81. The van der Waals surface area contributed by atoms with Crippen LogP contribution in [0.1, 0.15) is 6.42 Å². The summed E-state index contributed by atoms with van der Waals surface area (Å²) in [4.78, 5) is 0. The van der Waals surface area contributed by atoms with E-state index < -0.39 is 0 Å². The van der Waals surface area contributed by atoms with Crippen LogP contribution in [0, 0.1) is 0 Å². The molecule has 1 saturated heterocycles. The van der Waals surface area contributed by atoms with Gasteiger partial charge in [0.25, 0.3) is 0 Å². The molecule has 2 unspecified atom stereocenters. The smallest absolute Gasteiger partial charge is 0.0948 e. The number of alkyl halides is 1. The Bertz CT molecular complexity index is 121. The van der Waals surface area contributed by atoms with E-state index in [0.29, 0.717) is 10.0 Å². The SMILES string of the molecule is COCCCOC1COCC1I. The van der Waals surface area contributed by atoms with Gasteiger partial charge in [-0.2, -0.15) is 0 Å². The van der Waals surface area contributed by atoms with E-state index in [2.05, 4.69) is 22.6 Å². The number of hydrogen-bond acceptors (Lipinski definition) is 3. The van der Waals surface area contributed by atoms with Crippen LogP contribution in [-0.4, -0.2) is 43.6 Å². The van der Waals surface area contributed by atoms with Gasteiger partial charge in [-0.3, -0.25) is 0 Å². The molecule has 0 amide bonds. The number of methoxy groups -OCH3 is 1. The lowest BCUT2D eigenvalue weighted by atomic mass is 10.3. The molecule has 0 spiro atoms. The topological polar surface area (TPSA) is 27.7 Å². The Hall–Kier alpha value is 0.610. The van der Waals surface area contributed by atoms with Crippen molar-refractivity contribution in [3.8, 4) is 0 Å². The van der Waals surface area contributed by atoms with Gasteiger partial charge in [-0.25, -0.2) is 0 Å². The summed E-state index contributed by atoms with van der Waals surface area (Å²) in [5, 5.41) is 0. The molecule has 4 heteroatoms. The van der Waals surface area contributed by atoms with E-state index in [0.717, 1.165) is 32.8 Å². The summed E-state index contributed by atoms with van der Waals surface area (Å²) < 4.78 is 16.3. The lowest BCUT2D eigenvalue weighted by Gasteiger charge is -2.12. The highest BCUT2D eigenvalue weighted by Crippen LogP contribution is 2.17. The lowest BCUT2D eigenvalue weighted by molar-refractivity contribution is 0.0343. The summed E-state index contributed by atoms with van der Waals surface area (Å²) in [6.45, 7) is 3.14. The van der Waals surface area contributed by atoms with Gasteiger partial charge >= 0.3 is 0 Å². The highest BCUT2D eigenvalue weighted by Gasteiger charge is 2.25. The fourth-order valence-corrected chi connectivity index (χ4v) is 1.77. The van der Waals surface area contributed by atoms with Crippen LogP contribution in [0.25, 0.3) is 0 Å². The molecule has 3 nitrogen and oxygen atoms in total. The van der Waals surface area contributed by atoms with Crippen LogP contribution in [-0.2, 0) is 14.2 Å². The van der Waals surface area contributed by atoms with Crippen molar-refractivity contribution in [2.75, 3.05) is 33.5 Å². The molecular formula is C8H15IO3. The number of rotatable bonds is 5. The molecule has 1 heterocycles. The first-order valence-corrected chi connectivity index (χ1v) is 5.41. The maximum absolute atomic E-state index is 5.60. The van der Waals surface area contributed by atoms with Gasteiger partial charge in [0, 0.05) is 20.3 Å². The molecule has 0 bridgehead atoms. The number of ether oxygens (including phenoxy) is 3. The maximum Gasteiger partial charge on any atom is 0.0948 e. The van der Waals surface area contributed by atoms with Crippen molar-refractivity contribution in [3.05, 3.63) is 0 Å². The Kier molecular flexibility index (Phi) is 5.45. The summed E-state index contributed by atoms with van der Waals surface area (Å²) in [7, 11) is 1.71. The minimum Gasteiger partial charge on any atom is -0.385 e. The molecule has 0 saturated carbocycles. The number of halogens is 1. The Morgan fingerprint density at radius 1 is 1.42 bits per heavy atom. The van der Waals surface area contributed by atoms with Gasteiger partial charge in [0.15, 0.2) is 0 Å². The molecule has 72 valence electrons. The summed E-state index contributed by atoms with van der Waals surface area (Å²) in [6.07, 6.45) is 1.26. The van der Waals surface area contributed by atoms with E-state index in [1.165, 1.54) is 0 Å². The molecule has 0 aromatic heterocycles. The molecule has 0 radical (unpaired) electrons. The molecule has 12 heavy (non-hydrogen) atoms. The second kappa shape index (κ2) is 6.12. The summed E-state index contributed by atoms with van der Waals surface area (Å²) in [5.41, 5.74) is 0. The normalized spacial score (nSPS) is 29.5.